The van der Waals surface area contributed by atoms with Crippen LogP contribution in [-0.4, -0.2) is 17.9 Å². The van der Waals surface area contributed by atoms with Gasteiger partial charge in [0.2, 0.25) is 0 Å². The van der Waals surface area contributed by atoms with Crippen molar-refractivity contribution in [1.29, 1.82) is 0 Å². The van der Waals surface area contributed by atoms with Crippen LogP contribution < -0.4 is 15.8 Å². The first-order chi connectivity index (χ1) is 9.60. The van der Waals surface area contributed by atoms with Crippen molar-refractivity contribution in [3.05, 3.63) is 43.2 Å². The van der Waals surface area contributed by atoms with Crippen molar-refractivity contribution in [3.8, 4) is 17.1 Å². The monoisotopic (exact) mass is 272 g/mol. The smallest absolute Gasteiger partial charge is 0.181 e. The second-order valence-corrected chi connectivity index (χ2v) is 4.11. The Balaban J connectivity index is 2.26. The van der Waals surface area contributed by atoms with Crippen LogP contribution in [-0.2, 0) is 0 Å². The zero-order chi connectivity index (χ0) is 14.5. The number of ether oxygens (including phenoxy) is 1. The number of anilines is 1. The summed E-state index contributed by atoms with van der Waals surface area (Å²) in [7, 11) is 1.59. The number of benzene rings is 1. The fourth-order valence-corrected chi connectivity index (χ4v) is 1.73. The van der Waals surface area contributed by atoms with Crippen LogP contribution in [0.5, 0.6) is 5.75 Å². The van der Waals surface area contributed by atoms with E-state index in [9.17, 15) is 0 Å². The van der Waals surface area contributed by atoms with Crippen molar-refractivity contribution < 1.29 is 9.15 Å². The van der Waals surface area contributed by atoms with Gasteiger partial charge in [-0.3, -0.25) is 0 Å². The molecule has 1 heterocycles. The number of oxazole rings is 1. The third kappa shape index (κ3) is 3.17. The van der Waals surface area contributed by atoms with Crippen molar-refractivity contribution in [2.24, 2.45) is 10.7 Å². The topological polar surface area (TPSA) is 85.7 Å². The normalized spacial score (nSPS) is 11.2. The third-order valence-corrected chi connectivity index (χ3v) is 2.50. The molecule has 0 aliphatic carbocycles. The van der Waals surface area contributed by atoms with E-state index >= 15 is 0 Å². The van der Waals surface area contributed by atoms with E-state index in [4.69, 9.17) is 14.9 Å². The van der Waals surface area contributed by atoms with Crippen LogP contribution in [0.25, 0.3) is 11.3 Å². The number of aromatic nitrogens is 1. The predicted molar refractivity (Wildman–Crippen MR) is 78.6 cm³/mol. The van der Waals surface area contributed by atoms with E-state index in [1.165, 1.54) is 6.39 Å². The minimum absolute atomic E-state index is 0.438. The number of nitrogens with zero attached hydrogens (tertiary/aromatic N) is 2. The van der Waals surface area contributed by atoms with E-state index in [1.807, 2.05) is 18.2 Å². The molecule has 0 spiro atoms. The molecule has 6 heteroatoms. The van der Waals surface area contributed by atoms with Crippen LogP contribution in [0.15, 0.2) is 52.6 Å². The van der Waals surface area contributed by atoms with Gasteiger partial charge in [-0.05, 0) is 19.1 Å². The van der Waals surface area contributed by atoms with Gasteiger partial charge in [0.05, 0.1) is 24.7 Å². The second-order valence-electron chi connectivity index (χ2n) is 4.11. The molecule has 3 N–H and O–H groups in total. The van der Waals surface area contributed by atoms with Crippen LogP contribution in [0, 0.1) is 0 Å². The number of hydrogen-bond donors (Lipinski definition) is 2. The Labute approximate surface area is 117 Å². The molecule has 20 heavy (non-hydrogen) atoms. The molecule has 0 saturated heterocycles. The maximum atomic E-state index is 5.50. The molecule has 0 fully saturated rings. The molecule has 0 radical (unpaired) electrons. The van der Waals surface area contributed by atoms with Crippen molar-refractivity contribution in [2.75, 3.05) is 12.4 Å². The highest BCUT2D eigenvalue weighted by Crippen LogP contribution is 2.32. The second kappa shape index (κ2) is 5.92. The molecule has 0 atom stereocenters. The Kier molecular flexibility index (Phi) is 4.05. The summed E-state index contributed by atoms with van der Waals surface area (Å²) in [5.74, 6) is 2.20. The molecule has 1 aromatic heterocycles. The molecule has 0 saturated carbocycles. The first-order valence-corrected chi connectivity index (χ1v) is 5.93. The molecule has 0 unspecified atom stereocenters. The van der Waals surface area contributed by atoms with Crippen LogP contribution in [0.2, 0.25) is 0 Å². The summed E-state index contributed by atoms with van der Waals surface area (Å²) in [5.41, 5.74) is 7.11. The summed E-state index contributed by atoms with van der Waals surface area (Å²) in [5, 5.41) is 3.03. The van der Waals surface area contributed by atoms with Gasteiger partial charge in [-0.1, -0.05) is 6.58 Å². The lowest BCUT2D eigenvalue weighted by Crippen LogP contribution is -2.07. The van der Waals surface area contributed by atoms with Gasteiger partial charge in [0.15, 0.2) is 12.2 Å². The summed E-state index contributed by atoms with van der Waals surface area (Å²) in [6.07, 6.45) is 3.01. The third-order valence-electron chi connectivity index (χ3n) is 2.50. The highest BCUT2D eigenvalue weighted by molar-refractivity contribution is 5.79. The van der Waals surface area contributed by atoms with Gasteiger partial charge in [-0.2, -0.15) is 0 Å². The van der Waals surface area contributed by atoms with Crippen molar-refractivity contribution >= 4 is 11.5 Å². The molecular formula is C14H16N4O2. The SMILES string of the molecule is C=C(/N=C(\C)N)Nc1ccc(-c2cnco2)c(OC)c1. The van der Waals surface area contributed by atoms with Gasteiger partial charge in [-0.15, -0.1) is 0 Å². The Hall–Kier alpha value is -2.76. The summed E-state index contributed by atoms with van der Waals surface area (Å²) in [6, 6.07) is 5.56. The van der Waals surface area contributed by atoms with Crippen LogP contribution in [0.3, 0.4) is 0 Å². The first kappa shape index (κ1) is 13.7. The largest absolute Gasteiger partial charge is 0.496 e. The highest BCUT2D eigenvalue weighted by atomic mass is 16.5. The molecule has 6 nitrogen and oxygen atoms in total. The number of aliphatic imine (C=N–C) groups is 1. The van der Waals surface area contributed by atoms with E-state index in [2.05, 4.69) is 21.9 Å². The average Bonchev–Trinajstić information content (AvgIpc) is 2.91. The molecule has 0 aliphatic heterocycles. The summed E-state index contributed by atoms with van der Waals surface area (Å²) in [4.78, 5) is 7.91. The predicted octanol–water partition coefficient (Wildman–Crippen LogP) is 2.61. The molecule has 2 aromatic rings. The maximum absolute atomic E-state index is 5.50. The molecule has 0 amide bonds. The van der Waals surface area contributed by atoms with Crippen molar-refractivity contribution in [1.82, 2.24) is 4.98 Å². The number of rotatable bonds is 5. The van der Waals surface area contributed by atoms with E-state index in [1.54, 1.807) is 20.2 Å². The Morgan fingerprint density at radius 3 is 2.90 bits per heavy atom. The van der Waals surface area contributed by atoms with Gasteiger partial charge in [0.25, 0.3) is 0 Å². The Bertz CT molecular complexity index is 629. The maximum Gasteiger partial charge on any atom is 0.181 e. The summed E-state index contributed by atoms with van der Waals surface area (Å²) in [6.45, 7) is 5.46. The van der Waals surface area contributed by atoms with Gasteiger partial charge in [0, 0.05) is 11.8 Å². The van der Waals surface area contributed by atoms with Crippen molar-refractivity contribution in [3.63, 3.8) is 0 Å². The van der Waals surface area contributed by atoms with Gasteiger partial charge in [-0.25, -0.2) is 9.98 Å². The lowest BCUT2D eigenvalue weighted by molar-refractivity contribution is 0.415. The lowest BCUT2D eigenvalue weighted by Gasteiger charge is -2.10. The van der Waals surface area contributed by atoms with E-state index in [0.717, 1.165) is 11.3 Å². The van der Waals surface area contributed by atoms with Crippen LogP contribution >= 0.6 is 0 Å². The fraction of sp³-hybridized carbons (Fsp3) is 0.143. The van der Waals surface area contributed by atoms with E-state index in [-0.39, 0.29) is 0 Å². The highest BCUT2D eigenvalue weighted by Gasteiger charge is 2.10. The first-order valence-electron chi connectivity index (χ1n) is 5.93. The number of nitrogens with one attached hydrogen (secondary N) is 1. The zero-order valence-corrected chi connectivity index (χ0v) is 11.4. The van der Waals surface area contributed by atoms with Gasteiger partial charge < -0.3 is 20.2 Å². The zero-order valence-electron chi connectivity index (χ0n) is 11.4. The number of amidine groups is 1. The molecule has 1 aromatic carbocycles. The lowest BCUT2D eigenvalue weighted by atomic mass is 10.1. The van der Waals surface area contributed by atoms with Crippen molar-refractivity contribution in [2.45, 2.75) is 6.92 Å². The fourth-order valence-electron chi connectivity index (χ4n) is 1.73. The molecule has 0 aliphatic rings. The number of methoxy groups -OCH3 is 1. The average molecular weight is 272 g/mol. The van der Waals surface area contributed by atoms with Crippen LogP contribution in [0.1, 0.15) is 6.92 Å². The summed E-state index contributed by atoms with van der Waals surface area (Å²) >= 11 is 0. The molecule has 104 valence electrons. The number of hydrogen-bond acceptors (Lipinski definition) is 5. The molecule has 2 rings (SSSR count). The molecular weight excluding hydrogens is 256 g/mol. The minimum atomic E-state index is 0.438. The minimum Gasteiger partial charge on any atom is -0.496 e. The molecule has 0 bridgehead atoms. The van der Waals surface area contributed by atoms with Crippen LogP contribution in [0.4, 0.5) is 5.69 Å². The van der Waals surface area contributed by atoms with Gasteiger partial charge in [0.1, 0.15) is 11.6 Å². The Morgan fingerprint density at radius 1 is 1.50 bits per heavy atom. The summed E-state index contributed by atoms with van der Waals surface area (Å²) < 4.78 is 10.6. The van der Waals surface area contributed by atoms with E-state index in [0.29, 0.717) is 23.2 Å². The van der Waals surface area contributed by atoms with E-state index < -0.39 is 0 Å². The number of nitrogens with two attached hydrogens (primary N) is 1. The Morgan fingerprint density at radius 2 is 2.30 bits per heavy atom. The standard InChI is InChI=1S/C14H16N4O2/c1-9(15)17-10(2)18-11-4-5-12(13(6-11)19-3)14-7-16-8-20-14/h4-8,18H,2H2,1,3H3,(H2,15,17). The quantitative estimate of drug-likeness (QED) is 0.645. The van der Waals surface area contributed by atoms with Gasteiger partial charge >= 0.3 is 0 Å².